The number of rotatable bonds is 7. The first-order valence-electron chi connectivity index (χ1n) is 9.26. The van der Waals surface area contributed by atoms with Gasteiger partial charge in [0, 0.05) is 20.3 Å². The Hall–Kier alpha value is -3.00. The number of benzene rings is 1. The Balaban J connectivity index is 1.99. The van der Waals surface area contributed by atoms with Gasteiger partial charge in [0.05, 0.1) is 22.5 Å². The number of nitrogens with zero attached hydrogens (tertiary/aromatic N) is 4. The third-order valence-corrected chi connectivity index (χ3v) is 4.72. The van der Waals surface area contributed by atoms with Crippen LogP contribution in [0.4, 0.5) is 0 Å². The zero-order valence-electron chi connectivity index (χ0n) is 16.6. The van der Waals surface area contributed by atoms with Crippen LogP contribution in [-0.2, 0) is 9.53 Å². The van der Waals surface area contributed by atoms with Gasteiger partial charge in [-0.2, -0.15) is 10.2 Å². The largest absolute Gasteiger partial charge is 0.385 e. The van der Waals surface area contributed by atoms with E-state index in [0.717, 1.165) is 16.8 Å². The Labute approximate surface area is 163 Å². The second kappa shape index (κ2) is 8.35. The molecule has 8 nitrogen and oxygen atoms in total. The van der Waals surface area contributed by atoms with Gasteiger partial charge in [-0.05, 0) is 39.3 Å². The molecule has 1 aromatic carbocycles. The highest BCUT2D eigenvalue weighted by molar-refractivity contribution is 5.84. The first kappa shape index (κ1) is 19.8. The van der Waals surface area contributed by atoms with Crippen LogP contribution in [0, 0.1) is 13.8 Å². The summed E-state index contributed by atoms with van der Waals surface area (Å²) in [6, 6.07) is 8.88. The standard InChI is InChI=1S/C20H25N5O3/c1-13-17-14(2)24(16-9-6-5-7-10-16)23-18(17)20(27)25(22-13)15(3)19(26)21-11-8-12-28-4/h5-7,9-10,15H,8,11-12H2,1-4H3,(H,21,26)/t15-/m1/s1. The molecule has 2 heterocycles. The molecule has 0 bridgehead atoms. The highest BCUT2D eigenvalue weighted by Gasteiger charge is 2.22. The lowest BCUT2D eigenvalue weighted by Crippen LogP contribution is -2.38. The van der Waals surface area contributed by atoms with Crippen molar-refractivity contribution in [3.8, 4) is 5.69 Å². The molecule has 28 heavy (non-hydrogen) atoms. The molecule has 0 fully saturated rings. The van der Waals surface area contributed by atoms with Crippen LogP contribution in [0.3, 0.4) is 0 Å². The molecule has 1 N–H and O–H groups in total. The number of carbonyl (C=O) groups is 1. The summed E-state index contributed by atoms with van der Waals surface area (Å²) < 4.78 is 7.92. The molecule has 0 radical (unpaired) electrons. The third kappa shape index (κ3) is 3.68. The molecule has 0 spiro atoms. The number of aryl methyl sites for hydroxylation is 2. The highest BCUT2D eigenvalue weighted by Crippen LogP contribution is 2.21. The Morgan fingerprint density at radius 3 is 2.61 bits per heavy atom. The van der Waals surface area contributed by atoms with Crippen molar-refractivity contribution in [3.63, 3.8) is 0 Å². The van der Waals surface area contributed by atoms with E-state index in [1.807, 2.05) is 44.2 Å². The molecule has 0 aliphatic heterocycles. The van der Waals surface area contributed by atoms with Gasteiger partial charge in [0.1, 0.15) is 6.04 Å². The molecule has 2 aromatic heterocycles. The molecule has 1 amide bonds. The van der Waals surface area contributed by atoms with Crippen LogP contribution in [0.5, 0.6) is 0 Å². The smallest absolute Gasteiger partial charge is 0.295 e. The highest BCUT2D eigenvalue weighted by atomic mass is 16.5. The number of carbonyl (C=O) groups excluding carboxylic acids is 1. The zero-order valence-corrected chi connectivity index (χ0v) is 16.6. The van der Waals surface area contributed by atoms with Crippen LogP contribution in [0.25, 0.3) is 16.6 Å². The van der Waals surface area contributed by atoms with E-state index in [9.17, 15) is 9.59 Å². The fourth-order valence-electron chi connectivity index (χ4n) is 3.22. The van der Waals surface area contributed by atoms with Gasteiger partial charge in [-0.3, -0.25) is 9.59 Å². The van der Waals surface area contributed by atoms with Gasteiger partial charge in [0.15, 0.2) is 5.52 Å². The summed E-state index contributed by atoms with van der Waals surface area (Å²) in [6.07, 6.45) is 0.704. The second-order valence-electron chi connectivity index (χ2n) is 6.70. The third-order valence-electron chi connectivity index (χ3n) is 4.72. The molecule has 3 rings (SSSR count). The van der Waals surface area contributed by atoms with Gasteiger partial charge < -0.3 is 10.1 Å². The lowest BCUT2D eigenvalue weighted by atomic mass is 10.2. The first-order valence-corrected chi connectivity index (χ1v) is 9.26. The van der Waals surface area contributed by atoms with E-state index in [1.54, 1.807) is 18.7 Å². The Bertz CT molecular complexity index is 1040. The van der Waals surface area contributed by atoms with Crippen molar-refractivity contribution in [1.82, 2.24) is 24.9 Å². The van der Waals surface area contributed by atoms with E-state index in [4.69, 9.17) is 4.74 Å². The van der Waals surface area contributed by atoms with E-state index in [0.29, 0.717) is 30.8 Å². The fourth-order valence-corrected chi connectivity index (χ4v) is 3.22. The fraction of sp³-hybridized carbons (Fsp3) is 0.400. The molecule has 0 aliphatic carbocycles. The van der Waals surface area contributed by atoms with Crippen molar-refractivity contribution >= 4 is 16.8 Å². The minimum Gasteiger partial charge on any atom is -0.385 e. The summed E-state index contributed by atoms with van der Waals surface area (Å²) in [5.74, 6) is -0.260. The van der Waals surface area contributed by atoms with Crippen LogP contribution >= 0.6 is 0 Å². The van der Waals surface area contributed by atoms with E-state index >= 15 is 0 Å². The van der Waals surface area contributed by atoms with Crippen LogP contribution in [0.2, 0.25) is 0 Å². The molecular formula is C20H25N5O3. The number of hydrogen-bond acceptors (Lipinski definition) is 5. The summed E-state index contributed by atoms with van der Waals surface area (Å²) >= 11 is 0. The molecule has 8 heteroatoms. The van der Waals surface area contributed by atoms with Crippen molar-refractivity contribution in [1.29, 1.82) is 0 Å². The minimum absolute atomic E-state index is 0.260. The average Bonchev–Trinajstić information content (AvgIpc) is 3.06. The van der Waals surface area contributed by atoms with Crippen LogP contribution < -0.4 is 10.9 Å². The number of nitrogens with one attached hydrogen (secondary N) is 1. The van der Waals surface area contributed by atoms with Gasteiger partial charge in [-0.1, -0.05) is 18.2 Å². The van der Waals surface area contributed by atoms with Gasteiger partial charge in [0.25, 0.3) is 5.56 Å². The number of aromatic nitrogens is 4. The van der Waals surface area contributed by atoms with Gasteiger partial charge in [-0.25, -0.2) is 9.36 Å². The van der Waals surface area contributed by atoms with E-state index in [-0.39, 0.29) is 11.5 Å². The summed E-state index contributed by atoms with van der Waals surface area (Å²) in [7, 11) is 1.61. The lowest BCUT2D eigenvalue weighted by molar-refractivity contribution is -0.124. The topological polar surface area (TPSA) is 91.0 Å². The Morgan fingerprint density at radius 1 is 1.21 bits per heavy atom. The molecule has 3 aromatic rings. The normalized spacial score (nSPS) is 12.3. The second-order valence-corrected chi connectivity index (χ2v) is 6.70. The van der Waals surface area contributed by atoms with Crippen LogP contribution in [-0.4, -0.2) is 45.7 Å². The Kier molecular flexibility index (Phi) is 5.89. The summed E-state index contributed by atoms with van der Waals surface area (Å²) in [4.78, 5) is 25.4. The number of amides is 1. The average molecular weight is 383 g/mol. The molecule has 0 aliphatic rings. The zero-order chi connectivity index (χ0) is 20.3. The van der Waals surface area contributed by atoms with Crippen molar-refractivity contribution in [2.75, 3.05) is 20.3 Å². The molecule has 0 saturated heterocycles. The SMILES string of the molecule is COCCCNC(=O)[C@@H](C)n1nc(C)c2c(C)n(-c3ccccc3)nc2c1=O. The minimum atomic E-state index is -0.736. The number of methoxy groups -OCH3 is 1. The van der Waals surface area contributed by atoms with Crippen molar-refractivity contribution in [2.24, 2.45) is 0 Å². The first-order chi connectivity index (χ1) is 13.5. The quantitative estimate of drug-likeness (QED) is 0.630. The van der Waals surface area contributed by atoms with Crippen molar-refractivity contribution < 1.29 is 9.53 Å². The maximum Gasteiger partial charge on any atom is 0.295 e. The maximum atomic E-state index is 13.0. The van der Waals surface area contributed by atoms with Crippen LogP contribution in [0.1, 0.15) is 30.8 Å². The van der Waals surface area contributed by atoms with E-state index in [2.05, 4.69) is 15.5 Å². The lowest BCUT2D eigenvalue weighted by Gasteiger charge is -2.14. The Morgan fingerprint density at radius 2 is 1.93 bits per heavy atom. The summed E-state index contributed by atoms with van der Waals surface area (Å²) in [5.41, 5.74) is 2.30. The van der Waals surface area contributed by atoms with Crippen molar-refractivity contribution in [2.45, 2.75) is 33.2 Å². The number of para-hydroxylation sites is 1. The number of ether oxygens (including phenoxy) is 1. The number of fused-ring (bicyclic) bond motifs is 1. The maximum absolute atomic E-state index is 13.0. The monoisotopic (exact) mass is 383 g/mol. The summed E-state index contributed by atoms with van der Waals surface area (Å²) in [5, 5.41) is 12.5. The molecule has 0 saturated carbocycles. The van der Waals surface area contributed by atoms with Gasteiger partial charge in [-0.15, -0.1) is 0 Å². The number of hydrogen-bond donors (Lipinski definition) is 1. The van der Waals surface area contributed by atoms with Crippen LogP contribution in [0.15, 0.2) is 35.1 Å². The van der Waals surface area contributed by atoms with E-state index < -0.39 is 6.04 Å². The van der Waals surface area contributed by atoms with E-state index in [1.165, 1.54) is 4.68 Å². The predicted octanol–water partition coefficient (Wildman–Crippen LogP) is 1.91. The summed E-state index contributed by atoms with van der Waals surface area (Å²) in [6.45, 7) is 6.44. The van der Waals surface area contributed by atoms with Gasteiger partial charge in [0.2, 0.25) is 5.91 Å². The van der Waals surface area contributed by atoms with Gasteiger partial charge >= 0.3 is 0 Å². The molecular weight excluding hydrogens is 358 g/mol. The predicted molar refractivity (Wildman–Crippen MR) is 107 cm³/mol. The van der Waals surface area contributed by atoms with Crippen molar-refractivity contribution in [3.05, 3.63) is 52.1 Å². The molecule has 1 atom stereocenters. The molecule has 0 unspecified atom stereocenters. The molecule has 148 valence electrons.